The largest absolute Gasteiger partial charge is 0.422 e. The highest BCUT2D eigenvalue weighted by Gasteiger charge is 2.15. The molecule has 0 saturated carbocycles. The van der Waals surface area contributed by atoms with Gasteiger partial charge in [-0.15, -0.1) is 0 Å². The number of rotatable bonds is 4. The average molecular weight is 296 g/mol. The molecule has 0 radical (unpaired) electrons. The average Bonchev–Trinajstić information content (AvgIpc) is 2.88. The van der Waals surface area contributed by atoms with E-state index < -0.39 is 0 Å². The topological polar surface area (TPSA) is 63.8 Å². The van der Waals surface area contributed by atoms with Crippen molar-refractivity contribution in [2.45, 2.75) is 40.2 Å². The first-order chi connectivity index (χ1) is 10.6. The molecule has 0 aliphatic carbocycles. The number of benzene rings is 1. The molecule has 114 valence electrons. The zero-order valence-electron chi connectivity index (χ0n) is 13.3. The highest BCUT2D eigenvalue weighted by atomic mass is 16.4. The molecular formula is C17H20N4O. The van der Waals surface area contributed by atoms with Crippen LogP contribution in [0.3, 0.4) is 0 Å². The zero-order chi connectivity index (χ0) is 15.7. The zero-order valence-corrected chi connectivity index (χ0v) is 13.3. The summed E-state index contributed by atoms with van der Waals surface area (Å²) in [6.07, 6.45) is 2.45. The SMILES string of the molecule is CC[C@@H](Nc1ncnc2oc(C)nc12)c1ccc(C)c(C)c1. The third kappa shape index (κ3) is 2.66. The molecule has 1 atom stereocenters. The summed E-state index contributed by atoms with van der Waals surface area (Å²) in [6.45, 7) is 8.22. The summed E-state index contributed by atoms with van der Waals surface area (Å²) in [7, 11) is 0. The maximum atomic E-state index is 5.46. The molecule has 0 unspecified atom stereocenters. The molecule has 5 nitrogen and oxygen atoms in total. The highest BCUT2D eigenvalue weighted by molar-refractivity contribution is 5.81. The molecule has 5 heteroatoms. The molecule has 0 spiro atoms. The van der Waals surface area contributed by atoms with Gasteiger partial charge in [0.25, 0.3) is 5.71 Å². The number of hydrogen-bond acceptors (Lipinski definition) is 5. The van der Waals surface area contributed by atoms with E-state index in [1.807, 2.05) is 6.92 Å². The first-order valence-electron chi connectivity index (χ1n) is 7.50. The summed E-state index contributed by atoms with van der Waals surface area (Å²) in [5, 5.41) is 3.47. The van der Waals surface area contributed by atoms with Gasteiger partial charge in [-0.3, -0.25) is 0 Å². The van der Waals surface area contributed by atoms with Crippen LogP contribution in [0.5, 0.6) is 0 Å². The Morgan fingerprint density at radius 3 is 2.68 bits per heavy atom. The van der Waals surface area contributed by atoms with Crippen molar-refractivity contribution in [2.75, 3.05) is 5.32 Å². The fraction of sp³-hybridized carbons (Fsp3) is 0.353. The van der Waals surface area contributed by atoms with Gasteiger partial charge in [0.15, 0.2) is 17.2 Å². The van der Waals surface area contributed by atoms with Crippen LogP contribution in [0.4, 0.5) is 5.82 Å². The molecule has 2 heterocycles. The lowest BCUT2D eigenvalue weighted by Gasteiger charge is -2.19. The van der Waals surface area contributed by atoms with Gasteiger partial charge >= 0.3 is 0 Å². The molecule has 0 saturated heterocycles. The molecule has 0 amide bonds. The second kappa shape index (κ2) is 5.75. The van der Waals surface area contributed by atoms with E-state index in [0.717, 1.165) is 6.42 Å². The third-order valence-electron chi connectivity index (χ3n) is 3.95. The lowest BCUT2D eigenvalue weighted by molar-refractivity contribution is 0.551. The summed E-state index contributed by atoms with van der Waals surface area (Å²) in [4.78, 5) is 12.8. The van der Waals surface area contributed by atoms with Crippen molar-refractivity contribution in [3.05, 3.63) is 47.1 Å². The number of anilines is 1. The van der Waals surface area contributed by atoms with Crippen LogP contribution in [-0.2, 0) is 0 Å². The van der Waals surface area contributed by atoms with Crippen LogP contribution in [-0.4, -0.2) is 15.0 Å². The Morgan fingerprint density at radius 2 is 1.95 bits per heavy atom. The summed E-state index contributed by atoms with van der Waals surface area (Å²) in [5.74, 6) is 1.31. The lowest BCUT2D eigenvalue weighted by Crippen LogP contribution is -2.11. The Kier molecular flexibility index (Phi) is 3.79. The van der Waals surface area contributed by atoms with Gasteiger partial charge in [-0.2, -0.15) is 4.98 Å². The van der Waals surface area contributed by atoms with Crippen LogP contribution in [0.25, 0.3) is 11.2 Å². The van der Waals surface area contributed by atoms with E-state index in [1.54, 1.807) is 0 Å². The molecule has 0 fully saturated rings. The van der Waals surface area contributed by atoms with E-state index >= 15 is 0 Å². The minimum Gasteiger partial charge on any atom is -0.422 e. The number of aromatic nitrogens is 3. The maximum absolute atomic E-state index is 5.46. The predicted octanol–water partition coefficient (Wildman–Crippen LogP) is 4.11. The lowest BCUT2D eigenvalue weighted by atomic mass is 9.99. The van der Waals surface area contributed by atoms with Gasteiger partial charge < -0.3 is 9.73 Å². The molecule has 3 rings (SSSR count). The van der Waals surface area contributed by atoms with Crippen molar-refractivity contribution in [3.8, 4) is 0 Å². The Bertz CT molecular complexity index is 810. The van der Waals surface area contributed by atoms with E-state index in [2.05, 4.69) is 59.2 Å². The number of oxazole rings is 1. The maximum Gasteiger partial charge on any atom is 0.252 e. The molecule has 0 aliphatic heterocycles. The molecule has 1 aromatic carbocycles. The number of aryl methyl sites for hydroxylation is 3. The van der Waals surface area contributed by atoms with Crippen molar-refractivity contribution in [2.24, 2.45) is 0 Å². The van der Waals surface area contributed by atoms with Crippen LogP contribution in [0, 0.1) is 20.8 Å². The molecule has 22 heavy (non-hydrogen) atoms. The van der Waals surface area contributed by atoms with Gasteiger partial charge in [0, 0.05) is 6.92 Å². The molecule has 2 aromatic heterocycles. The monoisotopic (exact) mass is 296 g/mol. The highest BCUT2D eigenvalue weighted by Crippen LogP contribution is 2.27. The van der Waals surface area contributed by atoms with Crippen molar-refractivity contribution >= 4 is 17.0 Å². The predicted molar refractivity (Wildman–Crippen MR) is 86.9 cm³/mol. The first kappa shape index (κ1) is 14.5. The Morgan fingerprint density at radius 1 is 1.14 bits per heavy atom. The van der Waals surface area contributed by atoms with Crippen LogP contribution < -0.4 is 5.32 Å². The number of fused-ring (bicyclic) bond motifs is 1. The van der Waals surface area contributed by atoms with E-state index in [9.17, 15) is 0 Å². The summed E-state index contributed by atoms with van der Waals surface area (Å²) in [5.41, 5.74) is 5.04. The molecular weight excluding hydrogens is 276 g/mol. The van der Waals surface area contributed by atoms with E-state index in [-0.39, 0.29) is 6.04 Å². The normalized spacial score (nSPS) is 12.5. The van der Waals surface area contributed by atoms with E-state index in [4.69, 9.17) is 4.42 Å². The first-order valence-corrected chi connectivity index (χ1v) is 7.50. The van der Waals surface area contributed by atoms with Crippen LogP contribution in [0.15, 0.2) is 28.9 Å². The van der Waals surface area contributed by atoms with Crippen LogP contribution >= 0.6 is 0 Å². The standard InChI is InChI=1S/C17H20N4O/c1-5-14(13-7-6-10(2)11(3)8-13)21-16-15-17(19-9-18-16)22-12(4)20-15/h6-9,14H,5H2,1-4H3,(H,18,19,21)/t14-/m1/s1. The Labute approximate surface area is 129 Å². The van der Waals surface area contributed by atoms with Gasteiger partial charge in [0.2, 0.25) is 0 Å². The van der Waals surface area contributed by atoms with Gasteiger partial charge in [-0.05, 0) is 37.0 Å². The third-order valence-corrected chi connectivity index (χ3v) is 3.95. The van der Waals surface area contributed by atoms with Crippen LogP contribution in [0.2, 0.25) is 0 Å². The Balaban J connectivity index is 1.95. The minimum atomic E-state index is 0.175. The number of nitrogens with zero attached hydrogens (tertiary/aromatic N) is 3. The van der Waals surface area contributed by atoms with Crippen molar-refractivity contribution in [3.63, 3.8) is 0 Å². The van der Waals surface area contributed by atoms with Crippen LogP contribution in [0.1, 0.15) is 42.0 Å². The smallest absolute Gasteiger partial charge is 0.252 e. The fourth-order valence-corrected chi connectivity index (χ4v) is 2.53. The number of hydrogen-bond donors (Lipinski definition) is 1. The molecule has 3 aromatic rings. The Hall–Kier alpha value is -2.43. The second-order valence-electron chi connectivity index (χ2n) is 5.56. The second-order valence-corrected chi connectivity index (χ2v) is 5.56. The van der Waals surface area contributed by atoms with E-state index in [1.165, 1.54) is 23.0 Å². The van der Waals surface area contributed by atoms with Gasteiger partial charge in [-0.1, -0.05) is 25.1 Å². The quantitative estimate of drug-likeness (QED) is 0.785. The summed E-state index contributed by atoms with van der Waals surface area (Å²) >= 11 is 0. The molecule has 0 aliphatic rings. The fourth-order valence-electron chi connectivity index (χ4n) is 2.53. The summed E-state index contributed by atoms with van der Waals surface area (Å²) < 4.78 is 5.46. The summed E-state index contributed by atoms with van der Waals surface area (Å²) in [6, 6.07) is 6.72. The van der Waals surface area contributed by atoms with Gasteiger partial charge in [0.05, 0.1) is 6.04 Å². The van der Waals surface area contributed by atoms with Crippen molar-refractivity contribution in [1.82, 2.24) is 15.0 Å². The number of nitrogens with one attached hydrogen (secondary N) is 1. The van der Waals surface area contributed by atoms with Gasteiger partial charge in [-0.25, -0.2) is 9.97 Å². The van der Waals surface area contributed by atoms with Crippen molar-refractivity contribution < 1.29 is 4.42 Å². The molecule has 1 N–H and O–H groups in total. The van der Waals surface area contributed by atoms with Crippen molar-refractivity contribution in [1.29, 1.82) is 0 Å². The molecule has 0 bridgehead atoms. The van der Waals surface area contributed by atoms with Gasteiger partial charge in [0.1, 0.15) is 6.33 Å². The minimum absolute atomic E-state index is 0.175. The van der Waals surface area contributed by atoms with E-state index in [0.29, 0.717) is 22.9 Å².